The zero-order valence-electron chi connectivity index (χ0n) is 12.6. The highest BCUT2D eigenvalue weighted by Crippen LogP contribution is 2.28. The molecule has 3 heterocycles. The van der Waals surface area contributed by atoms with Crippen molar-refractivity contribution in [1.82, 2.24) is 15.3 Å². The van der Waals surface area contributed by atoms with Crippen LogP contribution in [0.25, 0.3) is 10.2 Å². The molecule has 1 amide bonds. The SMILES string of the molecule is CCc1cc2c(NCC(=O)NCC3CCCO3)ncnc2s1. The summed E-state index contributed by atoms with van der Waals surface area (Å²) < 4.78 is 5.48. The van der Waals surface area contributed by atoms with E-state index in [2.05, 4.69) is 33.6 Å². The highest BCUT2D eigenvalue weighted by atomic mass is 32.1. The van der Waals surface area contributed by atoms with Crippen LogP contribution in [-0.4, -0.2) is 41.7 Å². The first-order chi connectivity index (χ1) is 10.8. The molecule has 0 radical (unpaired) electrons. The molecule has 1 atom stereocenters. The van der Waals surface area contributed by atoms with E-state index in [1.807, 2.05) is 0 Å². The molecule has 1 saturated heterocycles. The number of fused-ring (bicyclic) bond motifs is 1. The number of ether oxygens (including phenoxy) is 1. The maximum atomic E-state index is 11.9. The largest absolute Gasteiger partial charge is 0.376 e. The van der Waals surface area contributed by atoms with Gasteiger partial charge in [-0.25, -0.2) is 9.97 Å². The van der Waals surface area contributed by atoms with E-state index in [9.17, 15) is 4.79 Å². The number of nitrogens with zero attached hydrogens (tertiary/aromatic N) is 2. The molecule has 3 rings (SSSR count). The molecule has 1 aliphatic heterocycles. The highest BCUT2D eigenvalue weighted by molar-refractivity contribution is 7.18. The fourth-order valence-corrected chi connectivity index (χ4v) is 3.41. The van der Waals surface area contributed by atoms with Crippen molar-refractivity contribution in [3.8, 4) is 0 Å². The van der Waals surface area contributed by atoms with Crippen molar-refractivity contribution in [3.05, 3.63) is 17.3 Å². The van der Waals surface area contributed by atoms with E-state index in [0.717, 1.165) is 36.1 Å². The third-order valence-corrected chi connectivity index (χ3v) is 4.88. The van der Waals surface area contributed by atoms with Gasteiger partial charge in [0.25, 0.3) is 0 Å². The molecule has 118 valence electrons. The summed E-state index contributed by atoms with van der Waals surface area (Å²) in [5.74, 6) is 0.668. The fraction of sp³-hybridized carbons (Fsp3) is 0.533. The van der Waals surface area contributed by atoms with E-state index in [-0.39, 0.29) is 18.6 Å². The van der Waals surface area contributed by atoms with Gasteiger partial charge in [0.1, 0.15) is 17.0 Å². The highest BCUT2D eigenvalue weighted by Gasteiger charge is 2.16. The summed E-state index contributed by atoms with van der Waals surface area (Å²) in [4.78, 5) is 22.6. The molecular weight excluding hydrogens is 300 g/mol. The van der Waals surface area contributed by atoms with Crippen LogP contribution in [-0.2, 0) is 16.0 Å². The molecule has 2 aromatic heterocycles. The molecular formula is C15H20N4O2S. The second-order valence-electron chi connectivity index (χ2n) is 5.30. The van der Waals surface area contributed by atoms with Crippen LogP contribution in [0, 0.1) is 0 Å². The summed E-state index contributed by atoms with van der Waals surface area (Å²) >= 11 is 1.66. The Bertz CT molecular complexity index is 652. The van der Waals surface area contributed by atoms with Crippen LogP contribution in [0.2, 0.25) is 0 Å². The first-order valence-corrected chi connectivity index (χ1v) is 8.43. The molecule has 0 saturated carbocycles. The van der Waals surface area contributed by atoms with Crippen molar-refractivity contribution in [3.63, 3.8) is 0 Å². The predicted octanol–water partition coefficient (Wildman–Crippen LogP) is 1.96. The number of nitrogens with one attached hydrogen (secondary N) is 2. The van der Waals surface area contributed by atoms with Crippen LogP contribution in [0.1, 0.15) is 24.6 Å². The number of thiophene rings is 1. The number of anilines is 1. The van der Waals surface area contributed by atoms with E-state index in [1.54, 1.807) is 11.3 Å². The first kappa shape index (κ1) is 15.2. The van der Waals surface area contributed by atoms with E-state index in [0.29, 0.717) is 12.4 Å². The summed E-state index contributed by atoms with van der Waals surface area (Å²) in [7, 11) is 0. The van der Waals surface area contributed by atoms with E-state index in [1.165, 1.54) is 11.2 Å². The Morgan fingerprint density at radius 2 is 2.41 bits per heavy atom. The summed E-state index contributed by atoms with van der Waals surface area (Å²) in [6.45, 7) is 3.70. The number of aryl methyl sites for hydroxylation is 1. The zero-order valence-corrected chi connectivity index (χ0v) is 13.4. The minimum absolute atomic E-state index is 0.0480. The molecule has 6 nitrogen and oxygen atoms in total. The predicted molar refractivity (Wildman–Crippen MR) is 87.3 cm³/mol. The second kappa shape index (κ2) is 7.02. The van der Waals surface area contributed by atoms with Crippen molar-refractivity contribution in [1.29, 1.82) is 0 Å². The van der Waals surface area contributed by atoms with Gasteiger partial charge < -0.3 is 15.4 Å². The lowest BCUT2D eigenvalue weighted by Gasteiger charge is -2.11. The van der Waals surface area contributed by atoms with Crippen LogP contribution in [0.4, 0.5) is 5.82 Å². The van der Waals surface area contributed by atoms with Gasteiger partial charge in [0.15, 0.2) is 0 Å². The molecule has 0 spiro atoms. The van der Waals surface area contributed by atoms with Gasteiger partial charge in [0.2, 0.25) is 5.91 Å². The normalized spacial score (nSPS) is 17.8. The van der Waals surface area contributed by atoms with Gasteiger partial charge in [-0.15, -0.1) is 11.3 Å². The Hall–Kier alpha value is -1.73. The van der Waals surface area contributed by atoms with Crippen LogP contribution in [0.15, 0.2) is 12.4 Å². The maximum Gasteiger partial charge on any atom is 0.239 e. The van der Waals surface area contributed by atoms with E-state index in [4.69, 9.17) is 4.74 Å². The molecule has 0 aliphatic carbocycles. The Balaban J connectivity index is 1.56. The molecule has 2 aromatic rings. The first-order valence-electron chi connectivity index (χ1n) is 7.62. The maximum absolute atomic E-state index is 11.9. The van der Waals surface area contributed by atoms with Crippen LogP contribution in [0.5, 0.6) is 0 Å². The van der Waals surface area contributed by atoms with Gasteiger partial charge in [-0.1, -0.05) is 6.92 Å². The third kappa shape index (κ3) is 3.53. The number of amides is 1. The number of carbonyl (C=O) groups is 1. The van der Waals surface area contributed by atoms with Crippen molar-refractivity contribution in [2.24, 2.45) is 0 Å². The van der Waals surface area contributed by atoms with E-state index >= 15 is 0 Å². The molecule has 0 bridgehead atoms. The second-order valence-corrected chi connectivity index (χ2v) is 6.42. The number of aromatic nitrogens is 2. The summed E-state index contributed by atoms with van der Waals surface area (Å²) in [5, 5.41) is 6.98. The van der Waals surface area contributed by atoms with Gasteiger partial charge in [0, 0.05) is 18.0 Å². The lowest BCUT2D eigenvalue weighted by atomic mass is 10.2. The summed E-state index contributed by atoms with van der Waals surface area (Å²) in [6, 6.07) is 2.09. The Morgan fingerprint density at radius 3 is 3.18 bits per heavy atom. The van der Waals surface area contributed by atoms with Crippen LogP contribution in [0.3, 0.4) is 0 Å². The monoisotopic (exact) mass is 320 g/mol. The Kier molecular flexibility index (Phi) is 4.84. The van der Waals surface area contributed by atoms with Crippen LogP contribution >= 0.6 is 11.3 Å². The Labute approximate surface area is 133 Å². The molecule has 1 fully saturated rings. The smallest absolute Gasteiger partial charge is 0.239 e. The minimum atomic E-state index is -0.0480. The topological polar surface area (TPSA) is 76.1 Å². The quantitative estimate of drug-likeness (QED) is 0.851. The van der Waals surface area contributed by atoms with Crippen molar-refractivity contribution < 1.29 is 9.53 Å². The Morgan fingerprint density at radius 1 is 1.50 bits per heavy atom. The van der Waals surface area contributed by atoms with Gasteiger partial charge in [-0.3, -0.25) is 4.79 Å². The number of hydrogen-bond acceptors (Lipinski definition) is 6. The van der Waals surface area contributed by atoms with Gasteiger partial charge in [-0.05, 0) is 25.3 Å². The van der Waals surface area contributed by atoms with Gasteiger partial charge in [-0.2, -0.15) is 0 Å². The molecule has 7 heteroatoms. The van der Waals surface area contributed by atoms with Crippen LogP contribution < -0.4 is 10.6 Å². The summed E-state index contributed by atoms with van der Waals surface area (Å²) in [6.07, 6.45) is 4.77. The van der Waals surface area contributed by atoms with Crippen molar-refractivity contribution >= 4 is 33.3 Å². The number of rotatable bonds is 6. The lowest BCUT2D eigenvalue weighted by Crippen LogP contribution is -2.35. The fourth-order valence-electron chi connectivity index (χ4n) is 2.48. The van der Waals surface area contributed by atoms with E-state index < -0.39 is 0 Å². The average molecular weight is 320 g/mol. The average Bonchev–Trinajstić information content (AvgIpc) is 3.19. The molecule has 22 heavy (non-hydrogen) atoms. The summed E-state index contributed by atoms with van der Waals surface area (Å²) in [5.41, 5.74) is 0. The third-order valence-electron chi connectivity index (χ3n) is 3.70. The number of carbonyl (C=O) groups excluding carboxylic acids is 1. The minimum Gasteiger partial charge on any atom is -0.376 e. The van der Waals surface area contributed by atoms with Crippen molar-refractivity contribution in [2.45, 2.75) is 32.3 Å². The van der Waals surface area contributed by atoms with Crippen molar-refractivity contribution in [2.75, 3.05) is 25.0 Å². The zero-order chi connectivity index (χ0) is 15.4. The lowest BCUT2D eigenvalue weighted by molar-refractivity contribution is -0.119. The molecule has 2 N–H and O–H groups in total. The molecule has 0 aromatic carbocycles. The van der Waals surface area contributed by atoms with Gasteiger partial charge >= 0.3 is 0 Å². The molecule has 1 aliphatic rings. The van der Waals surface area contributed by atoms with Gasteiger partial charge in [0.05, 0.1) is 18.0 Å². The molecule has 1 unspecified atom stereocenters. The standard InChI is InChI=1S/C15H20N4O2S/c1-2-11-6-12-14(18-9-19-15(12)22-11)17-8-13(20)16-7-10-4-3-5-21-10/h6,9-10H,2-5,7-8H2,1H3,(H,16,20)(H,17,18,19). The number of hydrogen-bond donors (Lipinski definition) is 2.